The van der Waals surface area contributed by atoms with Gasteiger partial charge in [0.15, 0.2) is 17.5 Å². The molecule has 0 unspecified atom stereocenters. The summed E-state index contributed by atoms with van der Waals surface area (Å²) in [5.41, 5.74) is 3.51. The zero-order valence-electron chi connectivity index (χ0n) is 18.6. The van der Waals surface area contributed by atoms with E-state index in [0.29, 0.717) is 19.8 Å². The second-order valence-electron chi connectivity index (χ2n) is 8.16. The van der Waals surface area contributed by atoms with Crippen LogP contribution in [-0.2, 0) is 13.1 Å². The molecule has 4 rings (SSSR count). The van der Waals surface area contributed by atoms with Crippen LogP contribution in [0.5, 0.6) is 11.5 Å². The molecule has 1 fully saturated rings. The first-order valence-electron chi connectivity index (χ1n) is 11.1. The minimum atomic E-state index is 0.675. The minimum absolute atomic E-state index is 0.675. The van der Waals surface area contributed by atoms with Crippen LogP contribution in [-0.4, -0.2) is 69.2 Å². The van der Waals surface area contributed by atoms with Gasteiger partial charge in [-0.3, -0.25) is 9.89 Å². The van der Waals surface area contributed by atoms with Crippen LogP contribution in [0.25, 0.3) is 0 Å². The summed E-state index contributed by atoms with van der Waals surface area (Å²) < 4.78 is 11.5. The molecule has 1 saturated heterocycles. The lowest BCUT2D eigenvalue weighted by Gasteiger charge is -2.32. The molecule has 2 aliphatic heterocycles. The molecule has 0 saturated carbocycles. The second-order valence-corrected chi connectivity index (χ2v) is 8.16. The van der Waals surface area contributed by atoms with Crippen molar-refractivity contribution in [1.29, 1.82) is 0 Å². The van der Waals surface area contributed by atoms with Crippen LogP contribution >= 0.6 is 0 Å². The van der Waals surface area contributed by atoms with Gasteiger partial charge < -0.3 is 25.0 Å². The Morgan fingerprint density at radius 2 is 1.65 bits per heavy atom. The van der Waals surface area contributed by atoms with Gasteiger partial charge >= 0.3 is 0 Å². The number of nitrogens with zero attached hydrogens (tertiary/aromatic N) is 3. The van der Waals surface area contributed by atoms with E-state index in [1.165, 1.54) is 11.1 Å². The molecule has 31 heavy (non-hydrogen) atoms. The monoisotopic (exact) mass is 423 g/mol. The Balaban J connectivity index is 1.28. The number of piperazine rings is 1. The fourth-order valence-electron chi connectivity index (χ4n) is 3.77. The number of aliphatic imine (C=N–C) groups is 1. The van der Waals surface area contributed by atoms with Crippen LogP contribution in [0.1, 0.15) is 17.5 Å². The topological polar surface area (TPSA) is 61.4 Å². The predicted octanol–water partition coefficient (Wildman–Crippen LogP) is 2.78. The number of benzene rings is 2. The molecular formula is C24H33N5O2. The van der Waals surface area contributed by atoms with E-state index in [2.05, 4.69) is 56.7 Å². The van der Waals surface area contributed by atoms with E-state index in [4.69, 9.17) is 9.47 Å². The summed E-state index contributed by atoms with van der Waals surface area (Å²) in [5.74, 6) is 2.28. The highest BCUT2D eigenvalue weighted by molar-refractivity contribution is 5.93. The third-order valence-electron chi connectivity index (χ3n) is 5.72. The SMILES string of the molecule is CN=C(NCc1ccc(CN2CCN(C)CC2)cc1)Nc1ccc2c(c1)OCCCO2. The highest BCUT2D eigenvalue weighted by atomic mass is 16.5. The van der Waals surface area contributed by atoms with Crippen molar-refractivity contribution in [3.05, 3.63) is 53.6 Å². The van der Waals surface area contributed by atoms with Crippen LogP contribution in [0.15, 0.2) is 47.5 Å². The number of rotatable bonds is 5. The third kappa shape index (κ3) is 6.12. The number of anilines is 1. The van der Waals surface area contributed by atoms with E-state index in [0.717, 1.165) is 62.3 Å². The fourth-order valence-corrected chi connectivity index (χ4v) is 3.77. The van der Waals surface area contributed by atoms with Crippen molar-refractivity contribution < 1.29 is 9.47 Å². The molecule has 0 aromatic heterocycles. The van der Waals surface area contributed by atoms with Crippen LogP contribution < -0.4 is 20.1 Å². The first-order valence-corrected chi connectivity index (χ1v) is 11.1. The first-order chi connectivity index (χ1) is 15.2. The first kappa shape index (κ1) is 21.5. The maximum Gasteiger partial charge on any atom is 0.195 e. The minimum Gasteiger partial charge on any atom is -0.490 e. The van der Waals surface area contributed by atoms with Crippen LogP contribution in [0.2, 0.25) is 0 Å². The molecule has 0 atom stereocenters. The van der Waals surface area contributed by atoms with E-state index in [-0.39, 0.29) is 0 Å². The van der Waals surface area contributed by atoms with Crippen molar-refractivity contribution >= 4 is 11.6 Å². The van der Waals surface area contributed by atoms with Crippen molar-refractivity contribution in [3.8, 4) is 11.5 Å². The van der Waals surface area contributed by atoms with Crippen LogP contribution in [0.3, 0.4) is 0 Å². The lowest BCUT2D eigenvalue weighted by Crippen LogP contribution is -2.43. The zero-order chi connectivity index (χ0) is 21.5. The molecule has 7 heteroatoms. The Morgan fingerprint density at radius 1 is 0.935 bits per heavy atom. The molecule has 2 heterocycles. The van der Waals surface area contributed by atoms with Gasteiger partial charge in [0, 0.05) is 64.5 Å². The molecule has 7 nitrogen and oxygen atoms in total. The van der Waals surface area contributed by atoms with Crippen molar-refractivity contribution in [2.45, 2.75) is 19.5 Å². The molecule has 0 amide bonds. The van der Waals surface area contributed by atoms with Gasteiger partial charge in [-0.1, -0.05) is 24.3 Å². The largest absolute Gasteiger partial charge is 0.490 e. The summed E-state index contributed by atoms with van der Waals surface area (Å²) >= 11 is 0. The molecule has 166 valence electrons. The average Bonchev–Trinajstić information content (AvgIpc) is 3.04. The standard InChI is InChI=1S/C24H33N5O2/c1-25-24(27-21-8-9-22-23(16-21)31-15-3-14-30-22)26-17-19-4-6-20(7-5-19)18-29-12-10-28(2)11-13-29/h4-9,16H,3,10-15,17-18H2,1-2H3,(H2,25,26,27). The van der Waals surface area contributed by atoms with Gasteiger partial charge in [-0.2, -0.15) is 0 Å². The lowest BCUT2D eigenvalue weighted by atomic mass is 10.1. The van der Waals surface area contributed by atoms with Crippen LogP contribution in [0.4, 0.5) is 5.69 Å². The van der Waals surface area contributed by atoms with Crippen LogP contribution in [0, 0.1) is 0 Å². The predicted molar refractivity (Wildman–Crippen MR) is 125 cm³/mol. The Bertz CT molecular complexity index is 876. The molecule has 2 N–H and O–H groups in total. The normalized spacial score (nSPS) is 17.8. The van der Waals surface area contributed by atoms with Gasteiger partial charge in [0.25, 0.3) is 0 Å². The highest BCUT2D eigenvalue weighted by Crippen LogP contribution is 2.32. The molecule has 0 aliphatic carbocycles. The highest BCUT2D eigenvalue weighted by Gasteiger charge is 2.14. The maximum absolute atomic E-state index is 5.77. The maximum atomic E-state index is 5.77. The van der Waals surface area contributed by atoms with E-state index >= 15 is 0 Å². The number of hydrogen-bond donors (Lipinski definition) is 2. The Hall–Kier alpha value is -2.77. The molecule has 2 aromatic rings. The number of guanidine groups is 1. The lowest BCUT2D eigenvalue weighted by molar-refractivity contribution is 0.148. The van der Waals surface area contributed by atoms with E-state index in [1.807, 2.05) is 18.2 Å². The molecule has 2 aliphatic rings. The molecule has 0 radical (unpaired) electrons. The summed E-state index contributed by atoms with van der Waals surface area (Å²) in [5, 5.41) is 6.71. The van der Waals surface area contributed by atoms with Gasteiger partial charge in [-0.25, -0.2) is 0 Å². The Labute approximate surface area is 185 Å². The molecule has 0 spiro atoms. The Morgan fingerprint density at radius 3 is 2.39 bits per heavy atom. The Kier molecular flexibility index (Phi) is 7.27. The van der Waals surface area contributed by atoms with Gasteiger partial charge in [-0.05, 0) is 30.3 Å². The van der Waals surface area contributed by atoms with Crippen molar-refractivity contribution in [2.24, 2.45) is 4.99 Å². The molecule has 0 bridgehead atoms. The fraction of sp³-hybridized carbons (Fsp3) is 0.458. The third-order valence-corrected chi connectivity index (χ3v) is 5.72. The quantitative estimate of drug-likeness (QED) is 0.570. The van der Waals surface area contributed by atoms with Crippen molar-refractivity contribution in [2.75, 3.05) is 58.8 Å². The number of likely N-dealkylation sites (N-methyl/N-ethyl adjacent to an activating group) is 1. The van der Waals surface area contributed by atoms with Crippen molar-refractivity contribution in [3.63, 3.8) is 0 Å². The van der Waals surface area contributed by atoms with Gasteiger partial charge in [-0.15, -0.1) is 0 Å². The van der Waals surface area contributed by atoms with Crippen molar-refractivity contribution in [1.82, 2.24) is 15.1 Å². The van der Waals surface area contributed by atoms with Gasteiger partial charge in [0.2, 0.25) is 0 Å². The van der Waals surface area contributed by atoms with Gasteiger partial charge in [0.1, 0.15) is 0 Å². The number of hydrogen-bond acceptors (Lipinski definition) is 5. The van der Waals surface area contributed by atoms with E-state index < -0.39 is 0 Å². The average molecular weight is 424 g/mol. The number of fused-ring (bicyclic) bond motifs is 1. The van der Waals surface area contributed by atoms with Gasteiger partial charge in [0.05, 0.1) is 13.2 Å². The van der Waals surface area contributed by atoms with E-state index in [1.54, 1.807) is 7.05 Å². The molecular weight excluding hydrogens is 390 g/mol. The van der Waals surface area contributed by atoms with E-state index in [9.17, 15) is 0 Å². The smallest absolute Gasteiger partial charge is 0.195 e. The summed E-state index contributed by atoms with van der Waals surface area (Å²) in [4.78, 5) is 9.25. The number of nitrogens with one attached hydrogen (secondary N) is 2. The zero-order valence-corrected chi connectivity index (χ0v) is 18.6. The number of ether oxygens (including phenoxy) is 2. The summed E-state index contributed by atoms with van der Waals surface area (Å²) in [6.45, 7) is 7.68. The second kappa shape index (κ2) is 10.5. The molecule has 2 aromatic carbocycles. The summed E-state index contributed by atoms with van der Waals surface area (Å²) in [6, 6.07) is 14.7. The summed E-state index contributed by atoms with van der Waals surface area (Å²) in [6.07, 6.45) is 0.898. The summed E-state index contributed by atoms with van der Waals surface area (Å²) in [7, 11) is 3.97.